The predicted molar refractivity (Wildman–Crippen MR) is 86.8 cm³/mol. The summed E-state index contributed by atoms with van der Waals surface area (Å²) in [6, 6.07) is 10.4. The molecule has 1 heterocycles. The van der Waals surface area contributed by atoms with Crippen LogP contribution in [-0.2, 0) is 9.59 Å². The molecule has 2 aromatic carbocycles. The van der Waals surface area contributed by atoms with E-state index in [4.69, 9.17) is 5.26 Å². The highest BCUT2D eigenvalue weighted by atomic mass is 19.1. The van der Waals surface area contributed by atoms with E-state index in [0.29, 0.717) is 0 Å². The zero-order valence-electron chi connectivity index (χ0n) is 13.3. The zero-order valence-corrected chi connectivity index (χ0v) is 13.3. The summed E-state index contributed by atoms with van der Waals surface area (Å²) in [5, 5.41) is 24.3. The number of halogens is 2. The molecule has 0 bridgehead atoms. The van der Waals surface area contributed by atoms with Crippen molar-refractivity contribution in [3.63, 3.8) is 0 Å². The van der Waals surface area contributed by atoms with E-state index in [1.54, 1.807) is 6.07 Å². The van der Waals surface area contributed by atoms with Gasteiger partial charge in [0.2, 0.25) is 5.60 Å². The Balaban J connectivity index is 1.97. The predicted octanol–water partition coefficient (Wildman–Crippen LogP) is 1.42. The SMILES string of the molecule is N#Cc1cc([C@H]2CNC(=O)[C@]2(O)C(=O)Nc2ccccc2F)ccc1F. The average molecular weight is 357 g/mol. The Kier molecular flexibility index (Phi) is 4.40. The number of anilines is 1. The number of benzene rings is 2. The van der Waals surface area contributed by atoms with E-state index in [9.17, 15) is 23.5 Å². The second-order valence-electron chi connectivity index (χ2n) is 5.81. The molecule has 2 aromatic rings. The molecular weight excluding hydrogens is 344 g/mol. The lowest BCUT2D eigenvalue weighted by Gasteiger charge is -2.26. The first-order chi connectivity index (χ1) is 12.4. The molecule has 0 saturated carbocycles. The Hall–Kier alpha value is -3.31. The standard InChI is InChI=1S/C18H13F2N3O3/c19-13-6-5-10(7-11(13)8-21)12-9-22-16(24)18(12,26)17(25)23-15-4-2-1-3-14(15)20/h1-7,12,26H,9H2,(H,22,24)(H,23,25)/t12-,18+/m1/s1. The van der Waals surface area contributed by atoms with Crippen molar-refractivity contribution in [3.8, 4) is 6.07 Å². The van der Waals surface area contributed by atoms with Gasteiger partial charge < -0.3 is 15.7 Å². The van der Waals surface area contributed by atoms with E-state index in [1.165, 1.54) is 30.3 Å². The molecule has 26 heavy (non-hydrogen) atoms. The maximum Gasteiger partial charge on any atom is 0.267 e. The number of nitrogens with one attached hydrogen (secondary N) is 2. The van der Waals surface area contributed by atoms with Gasteiger partial charge in [-0.25, -0.2) is 8.78 Å². The van der Waals surface area contributed by atoms with E-state index >= 15 is 0 Å². The normalized spacial score (nSPS) is 21.8. The Labute approximate surface area is 147 Å². The van der Waals surface area contributed by atoms with Crippen LogP contribution in [-0.4, -0.2) is 29.1 Å². The first-order valence-electron chi connectivity index (χ1n) is 7.64. The molecule has 3 rings (SSSR count). The summed E-state index contributed by atoms with van der Waals surface area (Å²) in [7, 11) is 0. The fraction of sp³-hybridized carbons (Fsp3) is 0.167. The van der Waals surface area contributed by atoms with E-state index in [0.717, 1.165) is 12.1 Å². The van der Waals surface area contributed by atoms with Crippen molar-refractivity contribution in [3.05, 3.63) is 65.2 Å². The van der Waals surface area contributed by atoms with Crippen molar-refractivity contribution >= 4 is 17.5 Å². The molecule has 0 aromatic heterocycles. The first-order valence-corrected chi connectivity index (χ1v) is 7.64. The number of para-hydroxylation sites is 1. The minimum absolute atomic E-state index is 0.101. The van der Waals surface area contributed by atoms with Crippen molar-refractivity contribution in [2.24, 2.45) is 0 Å². The molecule has 1 aliphatic rings. The summed E-state index contributed by atoms with van der Waals surface area (Å²) >= 11 is 0. The molecular formula is C18H13F2N3O3. The van der Waals surface area contributed by atoms with Gasteiger partial charge in [0.25, 0.3) is 11.8 Å². The lowest BCUT2D eigenvalue weighted by atomic mass is 9.83. The third kappa shape index (κ3) is 2.78. The van der Waals surface area contributed by atoms with Gasteiger partial charge in [-0.05, 0) is 29.8 Å². The van der Waals surface area contributed by atoms with E-state index in [1.807, 2.05) is 0 Å². The molecule has 2 atom stereocenters. The molecule has 6 nitrogen and oxygen atoms in total. The average Bonchev–Trinajstić information content (AvgIpc) is 2.94. The number of carbonyl (C=O) groups excluding carboxylic acids is 2. The van der Waals surface area contributed by atoms with Crippen LogP contribution in [0.5, 0.6) is 0 Å². The van der Waals surface area contributed by atoms with Gasteiger partial charge in [-0.15, -0.1) is 0 Å². The molecule has 1 fully saturated rings. The zero-order chi connectivity index (χ0) is 18.9. The van der Waals surface area contributed by atoms with Gasteiger partial charge in [-0.2, -0.15) is 5.26 Å². The minimum Gasteiger partial charge on any atom is -0.371 e. The van der Waals surface area contributed by atoms with Crippen LogP contribution in [0.3, 0.4) is 0 Å². The Morgan fingerprint density at radius 3 is 2.69 bits per heavy atom. The topological polar surface area (TPSA) is 102 Å². The number of rotatable bonds is 3. The summed E-state index contributed by atoms with van der Waals surface area (Å²) in [5.41, 5.74) is -2.78. The molecule has 1 aliphatic heterocycles. The van der Waals surface area contributed by atoms with Crippen molar-refractivity contribution in [1.82, 2.24) is 5.32 Å². The van der Waals surface area contributed by atoms with Crippen LogP contribution >= 0.6 is 0 Å². The van der Waals surface area contributed by atoms with Gasteiger partial charge in [0, 0.05) is 12.5 Å². The number of aliphatic hydroxyl groups is 1. The molecule has 1 saturated heterocycles. The molecule has 132 valence electrons. The largest absolute Gasteiger partial charge is 0.371 e. The minimum atomic E-state index is -2.53. The molecule has 3 N–H and O–H groups in total. The van der Waals surface area contributed by atoms with Crippen LogP contribution in [0.1, 0.15) is 17.0 Å². The fourth-order valence-electron chi connectivity index (χ4n) is 2.88. The smallest absolute Gasteiger partial charge is 0.267 e. The Bertz CT molecular complexity index is 942. The summed E-state index contributed by atoms with van der Waals surface area (Å²) in [5.74, 6) is -4.64. The molecule has 8 heteroatoms. The summed E-state index contributed by atoms with van der Waals surface area (Å²) in [4.78, 5) is 24.7. The van der Waals surface area contributed by atoms with Gasteiger partial charge in [0.05, 0.1) is 11.3 Å². The molecule has 0 spiro atoms. The Morgan fingerprint density at radius 1 is 1.27 bits per heavy atom. The maximum atomic E-state index is 13.7. The van der Waals surface area contributed by atoms with Crippen LogP contribution in [0.25, 0.3) is 0 Å². The second-order valence-corrected chi connectivity index (χ2v) is 5.81. The van der Waals surface area contributed by atoms with Crippen LogP contribution in [0.2, 0.25) is 0 Å². The van der Waals surface area contributed by atoms with Gasteiger partial charge in [-0.3, -0.25) is 9.59 Å². The number of hydrogen-bond acceptors (Lipinski definition) is 4. The lowest BCUT2D eigenvalue weighted by Crippen LogP contribution is -2.52. The van der Waals surface area contributed by atoms with Crippen molar-refractivity contribution in [2.45, 2.75) is 11.5 Å². The lowest BCUT2D eigenvalue weighted by molar-refractivity contribution is -0.148. The number of hydrogen-bond donors (Lipinski definition) is 3. The number of amides is 2. The van der Waals surface area contributed by atoms with Gasteiger partial charge >= 0.3 is 0 Å². The van der Waals surface area contributed by atoms with E-state index in [-0.39, 0.29) is 23.4 Å². The van der Waals surface area contributed by atoms with Gasteiger partial charge in [0.15, 0.2) is 0 Å². The number of nitriles is 1. The van der Waals surface area contributed by atoms with Crippen LogP contribution in [0.15, 0.2) is 42.5 Å². The van der Waals surface area contributed by atoms with Crippen LogP contribution in [0.4, 0.5) is 14.5 Å². The van der Waals surface area contributed by atoms with E-state index in [2.05, 4.69) is 10.6 Å². The molecule has 0 radical (unpaired) electrons. The second kappa shape index (κ2) is 6.54. The van der Waals surface area contributed by atoms with Crippen molar-refractivity contribution < 1.29 is 23.5 Å². The fourth-order valence-corrected chi connectivity index (χ4v) is 2.88. The monoisotopic (exact) mass is 357 g/mol. The van der Waals surface area contributed by atoms with E-state index < -0.39 is 35.0 Å². The molecule has 0 unspecified atom stereocenters. The maximum absolute atomic E-state index is 13.7. The number of carbonyl (C=O) groups is 2. The molecule has 0 aliphatic carbocycles. The van der Waals surface area contributed by atoms with Gasteiger partial charge in [-0.1, -0.05) is 18.2 Å². The summed E-state index contributed by atoms with van der Waals surface area (Å²) in [6.45, 7) is -0.101. The van der Waals surface area contributed by atoms with Crippen molar-refractivity contribution in [1.29, 1.82) is 5.26 Å². The third-order valence-electron chi connectivity index (χ3n) is 4.30. The highest BCUT2D eigenvalue weighted by molar-refractivity contribution is 6.15. The van der Waals surface area contributed by atoms with Gasteiger partial charge in [0.1, 0.15) is 17.7 Å². The highest BCUT2D eigenvalue weighted by Gasteiger charge is 2.55. The van der Waals surface area contributed by atoms with Crippen LogP contribution < -0.4 is 10.6 Å². The number of nitrogens with zero attached hydrogens (tertiary/aromatic N) is 1. The van der Waals surface area contributed by atoms with Crippen molar-refractivity contribution in [2.75, 3.05) is 11.9 Å². The third-order valence-corrected chi connectivity index (χ3v) is 4.30. The summed E-state index contributed by atoms with van der Waals surface area (Å²) < 4.78 is 27.3. The van der Waals surface area contributed by atoms with Crippen LogP contribution in [0, 0.1) is 23.0 Å². The molecule has 2 amide bonds. The first kappa shape index (κ1) is 17.5. The highest BCUT2D eigenvalue weighted by Crippen LogP contribution is 2.34. The quantitative estimate of drug-likeness (QED) is 0.723. The summed E-state index contributed by atoms with van der Waals surface area (Å²) in [6.07, 6.45) is 0. The Morgan fingerprint density at radius 2 is 2.00 bits per heavy atom.